The number of anilines is 1. The first-order valence-corrected chi connectivity index (χ1v) is 9.27. The van der Waals surface area contributed by atoms with Gasteiger partial charge in [0.15, 0.2) is 0 Å². The zero-order chi connectivity index (χ0) is 19.1. The summed E-state index contributed by atoms with van der Waals surface area (Å²) in [4.78, 5) is 12.0. The van der Waals surface area contributed by atoms with E-state index in [2.05, 4.69) is 15.2 Å². The Hall–Kier alpha value is -2.87. The zero-order valence-corrected chi connectivity index (χ0v) is 15.0. The van der Waals surface area contributed by atoms with E-state index < -0.39 is 6.61 Å². The molecule has 5 nitrogen and oxygen atoms in total. The van der Waals surface area contributed by atoms with Crippen molar-refractivity contribution in [1.82, 2.24) is 9.78 Å². The van der Waals surface area contributed by atoms with E-state index in [9.17, 15) is 13.6 Å². The Kier molecular flexibility index (Phi) is 6.43. The average Bonchev–Trinajstić information content (AvgIpc) is 3.18. The van der Waals surface area contributed by atoms with Crippen LogP contribution in [0.3, 0.4) is 0 Å². The Morgan fingerprint density at radius 1 is 1.15 bits per heavy atom. The third kappa shape index (κ3) is 5.82. The largest absolute Gasteiger partial charge is 0.435 e. The van der Waals surface area contributed by atoms with Crippen LogP contribution in [0.4, 0.5) is 14.5 Å². The molecule has 0 aliphatic carbocycles. The molecule has 0 fully saturated rings. The Labute approximate surface area is 159 Å². The summed E-state index contributed by atoms with van der Waals surface area (Å²) in [6, 6.07) is 15.6. The summed E-state index contributed by atoms with van der Waals surface area (Å²) in [6.45, 7) is -2.87. The Morgan fingerprint density at radius 2 is 1.89 bits per heavy atom. The number of halogens is 2. The summed E-state index contributed by atoms with van der Waals surface area (Å²) in [7, 11) is 0. The number of ether oxygens (including phenoxy) is 1. The van der Waals surface area contributed by atoms with Crippen LogP contribution >= 0.6 is 11.8 Å². The van der Waals surface area contributed by atoms with E-state index in [4.69, 9.17) is 0 Å². The van der Waals surface area contributed by atoms with Gasteiger partial charge in [-0.15, -0.1) is 11.8 Å². The second-order valence-electron chi connectivity index (χ2n) is 5.56. The molecule has 0 unspecified atom stereocenters. The number of alkyl halides is 2. The van der Waals surface area contributed by atoms with Crippen LogP contribution in [0, 0.1) is 0 Å². The molecule has 3 rings (SSSR count). The highest BCUT2D eigenvalue weighted by Gasteiger charge is 2.06. The lowest BCUT2D eigenvalue weighted by atomic mass is 10.2. The van der Waals surface area contributed by atoms with Crippen molar-refractivity contribution < 1.29 is 18.3 Å². The number of carbonyl (C=O) groups is 1. The van der Waals surface area contributed by atoms with E-state index in [1.165, 1.54) is 36.0 Å². The SMILES string of the molecule is O=C(CSCc1ccc(-n2cccn2)cc1)Nc1ccc(OC(F)F)cc1. The van der Waals surface area contributed by atoms with Gasteiger partial charge in [0.2, 0.25) is 5.91 Å². The molecule has 1 aromatic heterocycles. The van der Waals surface area contributed by atoms with Crippen LogP contribution < -0.4 is 10.1 Å². The fourth-order valence-corrected chi connectivity index (χ4v) is 3.13. The summed E-state index contributed by atoms with van der Waals surface area (Å²) in [5.74, 6) is 0.885. The molecule has 3 aromatic rings. The van der Waals surface area contributed by atoms with E-state index >= 15 is 0 Å². The molecule has 1 heterocycles. The normalized spacial score (nSPS) is 10.8. The topological polar surface area (TPSA) is 56.2 Å². The molecule has 27 heavy (non-hydrogen) atoms. The van der Waals surface area contributed by atoms with Crippen LogP contribution in [-0.4, -0.2) is 28.1 Å². The molecule has 0 atom stereocenters. The van der Waals surface area contributed by atoms with Gasteiger partial charge in [0.05, 0.1) is 11.4 Å². The third-order valence-corrected chi connectivity index (χ3v) is 4.57. The van der Waals surface area contributed by atoms with Gasteiger partial charge in [0.25, 0.3) is 0 Å². The fraction of sp³-hybridized carbons (Fsp3) is 0.158. The minimum Gasteiger partial charge on any atom is -0.435 e. The summed E-state index contributed by atoms with van der Waals surface area (Å²) in [5, 5.41) is 6.90. The number of hydrogen-bond acceptors (Lipinski definition) is 4. The second-order valence-corrected chi connectivity index (χ2v) is 6.55. The van der Waals surface area contributed by atoms with Crippen LogP contribution in [0.5, 0.6) is 5.75 Å². The van der Waals surface area contributed by atoms with Crippen molar-refractivity contribution in [3.8, 4) is 11.4 Å². The van der Waals surface area contributed by atoms with Crippen LogP contribution in [0.25, 0.3) is 5.69 Å². The molecule has 0 radical (unpaired) electrons. The van der Waals surface area contributed by atoms with Crippen molar-refractivity contribution in [2.45, 2.75) is 12.4 Å². The van der Waals surface area contributed by atoms with Gasteiger partial charge in [-0.05, 0) is 48.0 Å². The van der Waals surface area contributed by atoms with Crippen molar-refractivity contribution in [2.24, 2.45) is 0 Å². The zero-order valence-electron chi connectivity index (χ0n) is 14.2. The first-order chi connectivity index (χ1) is 13.1. The standard InChI is InChI=1S/C19H17F2N3O2S/c20-19(21)26-17-8-4-15(5-9-17)23-18(25)13-27-12-14-2-6-16(7-3-14)24-11-1-10-22-24/h1-11,19H,12-13H2,(H,23,25). The quantitative estimate of drug-likeness (QED) is 0.623. The van der Waals surface area contributed by atoms with Crippen LogP contribution in [-0.2, 0) is 10.5 Å². The van der Waals surface area contributed by atoms with E-state index in [0.29, 0.717) is 11.4 Å². The number of nitrogens with zero attached hydrogens (tertiary/aromatic N) is 2. The number of rotatable bonds is 8. The van der Waals surface area contributed by atoms with Gasteiger partial charge in [-0.25, -0.2) is 4.68 Å². The van der Waals surface area contributed by atoms with Crippen molar-refractivity contribution in [1.29, 1.82) is 0 Å². The van der Waals surface area contributed by atoms with Gasteiger partial charge >= 0.3 is 6.61 Å². The Bertz CT molecular complexity index is 854. The molecule has 1 N–H and O–H groups in total. The summed E-state index contributed by atoms with van der Waals surface area (Å²) in [6.07, 6.45) is 3.60. The maximum absolute atomic E-state index is 12.1. The van der Waals surface area contributed by atoms with Crippen LogP contribution in [0.15, 0.2) is 67.0 Å². The predicted octanol–water partition coefficient (Wildman–Crippen LogP) is 4.35. The van der Waals surface area contributed by atoms with Gasteiger partial charge in [0, 0.05) is 23.8 Å². The Balaban J connectivity index is 1.43. The van der Waals surface area contributed by atoms with E-state index in [1.807, 2.05) is 36.5 Å². The minimum absolute atomic E-state index is 0.0518. The molecule has 0 aliphatic rings. The average molecular weight is 389 g/mol. The molecule has 8 heteroatoms. The second kappa shape index (κ2) is 9.18. The van der Waals surface area contributed by atoms with E-state index in [1.54, 1.807) is 10.9 Å². The van der Waals surface area contributed by atoms with Crippen LogP contribution in [0.2, 0.25) is 0 Å². The van der Waals surface area contributed by atoms with Gasteiger partial charge in [-0.3, -0.25) is 4.79 Å². The highest BCUT2D eigenvalue weighted by Crippen LogP contribution is 2.19. The number of nitrogens with one attached hydrogen (secondary N) is 1. The van der Waals surface area contributed by atoms with Crippen molar-refractivity contribution in [2.75, 3.05) is 11.1 Å². The van der Waals surface area contributed by atoms with Gasteiger partial charge in [0.1, 0.15) is 5.75 Å². The highest BCUT2D eigenvalue weighted by molar-refractivity contribution is 7.99. The molecule has 1 amide bonds. The molecule has 0 spiro atoms. The number of carbonyl (C=O) groups excluding carboxylic acids is 1. The molecular weight excluding hydrogens is 372 g/mol. The lowest BCUT2D eigenvalue weighted by molar-refractivity contribution is -0.113. The molecule has 140 valence electrons. The number of thioether (sulfide) groups is 1. The first kappa shape index (κ1) is 18.9. The number of amides is 1. The summed E-state index contributed by atoms with van der Waals surface area (Å²) in [5.41, 5.74) is 2.62. The third-order valence-electron chi connectivity index (χ3n) is 3.57. The maximum Gasteiger partial charge on any atom is 0.387 e. The smallest absolute Gasteiger partial charge is 0.387 e. The molecular formula is C19H17F2N3O2S. The number of hydrogen-bond donors (Lipinski definition) is 1. The van der Waals surface area contributed by atoms with Crippen molar-refractivity contribution in [3.05, 3.63) is 72.6 Å². The van der Waals surface area contributed by atoms with Gasteiger partial charge in [-0.1, -0.05) is 12.1 Å². The molecule has 0 aliphatic heterocycles. The maximum atomic E-state index is 12.1. The first-order valence-electron chi connectivity index (χ1n) is 8.11. The van der Waals surface area contributed by atoms with Gasteiger partial charge in [-0.2, -0.15) is 13.9 Å². The van der Waals surface area contributed by atoms with Crippen molar-refractivity contribution in [3.63, 3.8) is 0 Å². The van der Waals surface area contributed by atoms with E-state index in [0.717, 1.165) is 11.3 Å². The molecule has 0 saturated carbocycles. The highest BCUT2D eigenvalue weighted by atomic mass is 32.2. The summed E-state index contributed by atoms with van der Waals surface area (Å²) < 4.78 is 30.3. The van der Waals surface area contributed by atoms with Gasteiger partial charge < -0.3 is 10.1 Å². The lowest BCUT2D eigenvalue weighted by Crippen LogP contribution is -2.14. The predicted molar refractivity (Wildman–Crippen MR) is 101 cm³/mol. The molecule has 0 saturated heterocycles. The molecule has 2 aromatic carbocycles. The monoisotopic (exact) mass is 389 g/mol. The van der Waals surface area contributed by atoms with Crippen molar-refractivity contribution >= 4 is 23.4 Å². The van der Waals surface area contributed by atoms with Crippen LogP contribution in [0.1, 0.15) is 5.56 Å². The fourth-order valence-electron chi connectivity index (χ4n) is 2.34. The lowest BCUT2D eigenvalue weighted by Gasteiger charge is -2.08. The van der Waals surface area contributed by atoms with E-state index in [-0.39, 0.29) is 17.4 Å². The molecule has 0 bridgehead atoms. The summed E-state index contributed by atoms with van der Waals surface area (Å²) >= 11 is 1.49. The minimum atomic E-state index is -2.87. The Morgan fingerprint density at radius 3 is 2.52 bits per heavy atom. The number of benzene rings is 2. The number of aromatic nitrogens is 2.